The predicted molar refractivity (Wildman–Crippen MR) is 88.6 cm³/mol. The van der Waals surface area contributed by atoms with Crippen LogP contribution in [0.1, 0.15) is 36.4 Å². The molecular formula is C18H21NS. The highest BCUT2D eigenvalue weighted by Crippen LogP contribution is 2.32. The summed E-state index contributed by atoms with van der Waals surface area (Å²) in [5, 5.41) is 3.74. The lowest BCUT2D eigenvalue weighted by Crippen LogP contribution is -2.11. The predicted octanol–water partition coefficient (Wildman–Crippen LogP) is 5.29. The molecule has 1 nitrogen and oxygen atoms in total. The summed E-state index contributed by atoms with van der Waals surface area (Å²) in [5.74, 6) is 0. The highest BCUT2D eigenvalue weighted by Gasteiger charge is 2.17. The van der Waals surface area contributed by atoms with Crippen molar-refractivity contribution >= 4 is 17.4 Å². The Morgan fingerprint density at radius 3 is 2.85 bits per heavy atom. The molecule has 1 aliphatic rings. The third-order valence-corrected chi connectivity index (χ3v) is 4.76. The summed E-state index contributed by atoms with van der Waals surface area (Å²) in [6.07, 6.45) is 7.17. The van der Waals surface area contributed by atoms with Gasteiger partial charge in [0.2, 0.25) is 0 Å². The van der Waals surface area contributed by atoms with Crippen molar-refractivity contribution in [2.24, 2.45) is 0 Å². The molecule has 0 aromatic heterocycles. The van der Waals surface area contributed by atoms with Crippen LogP contribution in [0.25, 0.3) is 0 Å². The van der Waals surface area contributed by atoms with E-state index in [-0.39, 0.29) is 0 Å². The Hall–Kier alpha value is -1.41. The summed E-state index contributed by atoms with van der Waals surface area (Å²) >= 11 is 1.79. The summed E-state index contributed by atoms with van der Waals surface area (Å²) in [4.78, 5) is 1.32. The first kappa shape index (κ1) is 13.6. The Bertz CT molecular complexity index is 579. The van der Waals surface area contributed by atoms with Gasteiger partial charge in [0.1, 0.15) is 0 Å². The van der Waals surface area contributed by atoms with Crippen LogP contribution in [0.4, 0.5) is 5.69 Å². The van der Waals surface area contributed by atoms with E-state index in [9.17, 15) is 0 Å². The number of fused-ring (bicyclic) bond motifs is 1. The van der Waals surface area contributed by atoms with Gasteiger partial charge in [0.05, 0.1) is 6.04 Å². The molecule has 3 rings (SSSR count). The van der Waals surface area contributed by atoms with Crippen molar-refractivity contribution in [2.45, 2.75) is 36.6 Å². The zero-order chi connectivity index (χ0) is 13.8. The van der Waals surface area contributed by atoms with Gasteiger partial charge in [0.15, 0.2) is 0 Å². The van der Waals surface area contributed by atoms with Crippen LogP contribution in [0, 0.1) is 0 Å². The highest BCUT2D eigenvalue weighted by atomic mass is 32.2. The van der Waals surface area contributed by atoms with Gasteiger partial charge < -0.3 is 5.32 Å². The van der Waals surface area contributed by atoms with Gasteiger partial charge in [-0.2, -0.15) is 0 Å². The van der Waals surface area contributed by atoms with E-state index in [2.05, 4.69) is 60.1 Å². The number of hydrogen-bond donors (Lipinski definition) is 1. The topological polar surface area (TPSA) is 12.0 Å². The van der Waals surface area contributed by atoms with E-state index in [4.69, 9.17) is 0 Å². The molecule has 0 radical (unpaired) electrons. The first-order chi connectivity index (χ1) is 9.86. The molecule has 2 aromatic rings. The van der Waals surface area contributed by atoms with Crippen LogP contribution < -0.4 is 5.32 Å². The van der Waals surface area contributed by atoms with Crippen molar-refractivity contribution in [3.63, 3.8) is 0 Å². The fraction of sp³-hybridized carbons (Fsp3) is 0.333. The van der Waals surface area contributed by atoms with E-state index in [1.54, 1.807) is 11.8 Å². The Morgan fingerprint density at radius 1 is 1.05 bits per heavy atom. The van der Waals surface area contributed by atoms with Crippen molar-refractivity contribution in [1.29, 1.82) is 0 Å². The van der Waals surface area contributed by atoms with E-state index in [0.717, 1.165) is 0 Å². The molecule has 2 aromatic carbocycles. The molecule has 0 spiro atoms. The number of benzene rings is 2. The summed E-state index contributed by atoms with van der Waals surface area (Å²) in [5.41, 5.74) is 4.24. The molecule has 0 fully saturated rings. The van der Waals surface area contributed by atoms with Gasteiger partial charge in [-0.1, -0.05) is 36.8 Å². The molecule has 0 bridgehead atoms. The molecule has 104 valence electrons. The number of nitrogens with one attached hydrogen (secondary N) is 1. The maximum absolute atomic E-state index is 3.74. The van der Waals surface area contributed by atoms with Gasteiger partial charge in [-0.15, -0.1) is 11.8 Å². The Balaban J connectivity index is 1.86. The lowest BCUT2D eigenvalue weighted by atomic mass is 9.99. The summed E-state index contributed by atoms with van der Waals surface area (Å²) in [6, 6.07) is 18.1. The zero-order valence-electron chi connectivity index (χ0n) is 11.9. The second-order valence-corrected chi connectivity index (χ2v) is 6.25. The van der Waals surface area contributed by atoms with Crippen molar-refractivity contribution in [3.8, 4) is 0 Å². The lowest BCUT2D eigenvalue weighted by Gasteiger charge is -2.21. The first-order valence-corrected chi connectivity index (χ1v) is 8.57. The number of aryl methyl sites for hydroxylation is 1. The van der Waals surface area contributed by atoms with Crippen molar-refractivity contribution < 1.29 is 0 Å². The molecule has 1 N–H and O–H groups in total. The molecule has 0 heterocycles. The minimum Gasteiger partial charge on any atom is -0.378 e. The largest absolute Gasteiger partial charge is 0.378 e. The smallest absolute Gasteiger partial charge is 0.0516 e. The van der Waals surface area contributed by atoms with Gasteiger partial charge in [-0.3, -0.25) is 0 Å². The van der Waals surface area contributed by atoms with Crippen molar-refractivity contribution in [3.05, 3.63) is 59.7 Å². The van der Waals surface area contributed by atoms with Gasteiger partial charge in [0.25, 0.3) is 0 Å². The Kier molecular flexibility index (Phi) is 4.31. The van der Waals surface area contributed by atoms with Crippen LogP contribution in [0.15, 0.2) is 53.4 Å². The molecular weight excluding hydrogens is 262 g/mol. The quantitative estimate of drug-likeness (QED) is 0.607. The molecule has 0 saturated heterocycles. The number of thioether (sulfide) groups is 1. The Labute approximate surface area is 125 Å². The molecule has 1 unspecified atom stereocenters. The van der Waals surface area contributed by atoms with E-state index < -0.39 is 0 Å². The van der Waals surface area contributed by atoms with Crippen LogP contribution in [0.3, 0.4) is 0 Å². The molecule has 1 aliphatic carbocycles. The van der Waals surface area contributed by atoms with E-state index in [0.29, 0.717) is 6.04 Å². The van der Waals surface area contributed by atoms with Crippen LogP contribution in [0.5, 0.6) is 0 Å². The average Bonchev–Trinajstić information content (AvgIpc) is 2.70. The second-order valence-electron chi connectivity index (χ2n) is 5.37. The lowest BCUT2D eigenvalue weighted by molar-refractivity contribution is 0.644. The zero-order valence-corrected chi connectivity index (χ0v) is 12.7. The van der Waals surface area contributed by atoms with E-state index in [1.165, 1.54) is 47.4 Å². The fourth-order valence-corrected chi connectivity index (χ4v) is 3.44. The van der Waals surface area contributed by atoms with Gasteiger partial charge in [-0.05, 0) is 54.8 Å². The maximum atomic E-state index is 3.74. The average molecular weight is 283 g/mol. The van der Waals surface area contributed by atoms with Crippen molar-refractivity contribution in [2.75, 3.05) is 11.6 Å². The van der Waals surface area contributed by atoms with Crippen molar-refractivity contribution in [1.82, 2.24) is 0 Å². The monoisotopic (exact) mass is 283 g/mol. The number of anilines is 1. The van der Waals surface area contributed by atoms with Gasteiger partial charge in [-0.25, -0.2) is 0 Å². The third kappa shape index (κ3) is 3.01. The summed E-state index contributed by atoms with van der Waals surface area (Å²) < 4.78 is 0. The normalized spacial score (nSPS) is 18.1. The van der Waals surface area contributed by atoms with Gasteiger partial charge >= 0.3 is 0 Å². The van der Waals surface area contributed by atoms with Crippen LogP contribution >= 0.6 is 11.8 Å². The summed E-state index contributed by atoms with van der Waals surface area (Å²) in [7, 11) is 0. The minimum absolute atomic E-state index is 0.450. The second kappa shape index (κ2) is 6.36. The van der Waals surface area contributed by atoms with E-state index in [1.807, 2.05) is 0 Å². The molecule has 0 amide bonds. The molecule has 0 saturated carbocycles. The van der Waals surface area contributed by atoms with Crippen LogP contribution in [-0.4, -0.2) is 6.26 Å². The standard InChI is InChI=1S/C18H21NS/c1-20-16-10-6-9-15(13-16)19-18-12-5-3-8-14-7-2-4-11-17(14)18/h2,4,6-7,9-11,13,18-19H,3,5,8,12H2,1H3. The van der Waals surface area contributed by atoms with Crippen LogP contribution in [0.2, 0.25) is 0 Å². The molecule has 1 atom stereocenters. The van der Waals surface area contributed by atoms with Crippen LogP contribution in [-0.2, 0) is 6.42 Å². The Morgan fingerprint density at radius 2 is 1.95 bits per heavy atom. The van der Waals surface area contributed by atoms with E-state index >= 15 is 0 Å². The molecule has 2 heteroatoms. The fourth-order valence-electron chi connectivity index (χ4n) is 2.99. The number of hydrogen-bond acceptors (Lipinski definition) is 2. The third-order valence-electron chi connectivity index (χ3n) is 4.03. The summed E-state index contributed by atoms with van der Waals surface area (Å²) in [6.45, 7) is 0. The maximum Gasteiger partial charge on any atom is 0.0516 e. The first-order valence-electron chi connectivity index (χ1n) is 7.35. The number of rotatable bonds is 3. The SMILES string of the molecule is CSc1cccc(NC2CCCCc3ccccc32)c1. The van der Waals surface area contributed by atoms with Gasteiger partial charge in [0, 0.05) is 10.6 Å². The molecule has 0 aliphatic heterocycles. The highest BCUT2D eigenvalue weighted by molar-refractivity contribution is 7.98. The molecule has 20 heavy (non-hydrogen) atoms. The minimum atomic E-state index is 0.450.